The number of hydrogen-bond acceptors (Lipinski definition) is 6. The van der Waals surface area contributed by atoms with Crippen molar-refractivity contribution >= 4 is 10.0 Å². The van der Waals surface area contributed by atoms with Gasteiger partial charge in [0.1, 0.15) is 11.6 Å². The van der Waals surface area contributed by atoms with E-state index in [4.69, 9.17) is 9.26 Å². The molecule has 2 heterocycles. The average molecular weight is 389 g/mol. The molecule has 7 nitrogen and oxygen atoms in total. The second-order valence-corrected chi connectivity index (χ2v) is 8.07. The summed E-state index contributed by atoms with van der Waals surface area (Å²) in [5.41, 5.74) is 0.699. The molecule has 1 saturated heterocycles. The molecule has 0 N–H and O–H groups in total. The highest BCUT2D eigenvalue weighted by Crippen LogP contribution is 2.33. The Balaban J connectivity index is 1.49. The van der Waals surface area contributed by atoms with Crippen LogP contribution in [0.2, 0.25) is 0 Å². The van der Waals surface area contributed by atoms with Crippen molar-refractivity contribution in [1.29, 1.82) is 0 Å². The lowest BCUT2D eigenvalue weighted by Gasteiger charge is -2.35. The normalized spacial score (nSPS) is 15.5. The van der Waals surface area contributed by atoms with Crippen molar-refractivity contribution in [3.63, 3.8) is 0 Å². The first-order valence-corrected chi connectivity index (χ1v) is 9.66. The van der Waals surface area contributed by atoms with Gasteiger partial charge in [0.25, 0.3) is 0 Å². The largest absolute Gasteiger partial charge is 0.496 e. The van der Waals surface area contributed by atoms with Gasteiger partial charge in [-0.2, -0.15) is 9.29 Å². The zero-order valence-electron chi connectivity index (χ0n) is 14.4. The van der Waals surface area contributed by atoms with Crippen LogP contribution in [0.25, 0.3) is 11.4 Å². The molecule has 2 aromatic carbocycles. The van der Waals surface area contributed by atoms with Crippen LogP contribution >= 0.6 is 0 Å². The molecule has 0 bridgehead atoms. The monoisotopic (exact) mass is 389 g/mol. The van der Waals surface area contributed by atoms with Crippen LogP contribution in [-0.4, -0.2) is 43.1 Å². The summed E-state index contributed by atoms with van der Waals surface area (Å²) >= 11 is 0. The smallest absolute Gasteiger partial charge is 0.243 e. The van der Waals surface area contributed by atoms with E-state index in [-0.39, 0.29) is 23.9 Å². The molecule has 4 rings (SSSR count). The SMILES string of the molecule is COc1ccccc1-c1noc(C2CN(S(=O)(=O)c3ccc(F)cc3)C2)n1. The van der Waals surface area contributed by atoms with Gasteiger partial charge in [0.2, 0.25) is 21.7 Å². The molecule has 0 unspecified atom stereocenters. The molecule has 9 heteroatoms. The first-order chi connectivity index (χ1) is 13.0. The van der Waals surface area contributed by atoms with Crippen molar-refractivity contribution in [2.45, 2.75) is 10.8 Å². The van der Waals surface area contributed by atoms with Gasteiger partial charge >= 0.3 is 0 Å². The van der Waals surface area contributed by atoms with Crippen molar-refractivity contribution in [3.05, 3.63) is 60.2 Å². The molecule has 0 spiro atoms. The quantitative estimate of drug-likeness (QED) is 0.667. The summed E-state index contributed by atoms with van der Waals surface area (Å²) in [5.74, 6) is 0.726. The van der Waals surface area contributed by atoms with E-state index in [9.17, 15) is 12.8 Å². The topological polar surface area (TPSA) is 85.5 Å². The van der Waals surface area contributed by atoms with E-state index in [1.165, 1.54) is 16.4 Å². The van der Waals surface area contributed by atoms with E-state index in [0.717, 1.165) is 12.1 Å². The van der Waals surface area contributed by atoms with Crippen molar-refractivity contribution in [2.24, 2.45) is 0 Å². The highest BCUT2D eigenvalue weighted by molar-refractivity contribution is 7.89. The second-order valence-electron chi connectivity index (χ2n) is 6.13. The molecule has 3 aromatic rings. The number of para-hydroxylation sites is 1. The molecule has 0 atom stereocenters. The first-order valence-electron chi connectivity index (χ1n) is 8.22. The number of sulfonamides is 1. The number of hydrogen-bond donors (Lipinski definition) is 0. The van der Waals surface area contributed by atoms with Gasteiger partial charge < -0.3 is 9.26 Å². The van der Waals surface area contributed by atoms with Gasteiger partial charge in [0, 0.05) is 13.1 Å². The minimum atomic E-state index is -3.66. The minimum absolute atomic E-state index is 0.0580. The number of methoxy groups -OCH3 is 1. The Labute approximate surface area is 155 Å². The van der Waals surface area contributed by atoms with Gasteiger partial charge in [0.15, 0.2) is 0 Å². The van der Waals surface area contributed by atoms with E-state index < -0.39 is 15.8 Å². The number of ether oxygens (including phenoxy) is 1. The summed E-state index contributed by atoms with van der Waals surface area (Å²) in [6.45, 7) is 0.459. The van der Waals surface area contributed by atoms with E-state index in [1.807, 2.05) is 18.2 Å². The van der Waals surface area contributed by atoms with Gasteiger partial charge in [-0.05, 0) is 36.4 Å². The maximum absolute atomic E-state index is 13.0. The lowest BCUT2D eigenvalue weighted by Crippen LogP contribution is -2.48. The number of rotatable bonds is 5. The number of benzene rings is 2. The van der Waals surface area contributed by atoms with Crippen LogP contribution in [0.15, 0.2) is 57.9 Å². The Hall–Kier alpha value is -2.78. The molecule has 140 valence electrons. The Morgan fingerprint density at radius 1 is 1.15 bits per heavy atom. The van der Waals surface area contributed by atoms with Crippen LogP contribution in [0, 0.1) is 5.82 Å². The molecule has 27 heavy (non-hydrogen) atoms. The van der Waals surface area contributed by atoms with Crippen molar-refractivity contribution in [1.82, 2.24) is 14.4 Å². The van der Waals surface area contributed by atoms with Crippen molar-refractivity contribution in [2.75, 3.05) is 20.2 Å². The van der Waals surface area contributed by atoms with Gasteiger partial charge in [-0.3, -0.25) is 0 Å². The lowest BCUT2D eigenvalue weighted by molar-refractivity contribution is 0.217. The fraction of sp³-hybridized carbons (Fsp3) is 0.222. The Kier molecular flexibility index (Phi) is 4.40. The Morgan fingerprint density at radius 3 is 2.56 bits per heavy atom. The summed E-state index contributed by atoms with van der Waals surface area (Å²) in [4.78, 5) is 4.44. The standard InChI is InChI=1S/C18H16FN3O4S/c1-25-16-5-3-2-4-15(16)17-20-18(26-21-17)12-10-22(11-12)27(23,24)14-8-6-13(19)7-9-14/h2-9,12H,10-11H2,1H3. The summed E-state index contributed by atoms with van der Waals surface area (Å²) in [5, 5.41) is 3.98. The summed E-state index contributed by atoms with van der Waals surface area (Å²) in [7, 11) is -2.10. The predicted octanol–water partition coefficient (Wildman–Crippen LogP) is 2.67. The molecule has 0 aliphatic carbocycles. The van der Waals surface area contributed by atoms with Crippen LogP contribution in [0.4, 0.5) is 4.39 Å². The molecule has 1 aliphatic heterocycles. The first kappa shape index (κ1) is 17.6. The zero-order chi connectivity index (χ0) is 19.0. The van der Waals surface area contributed by atoms with Crippen LogP contribution < -0.4 is 4.74 Å². The predicted molar refractivity (Wildman–Crippen MR) is 94.2 cm³/mol. The third-order valence-electron chi connectivity index (χ3n) is 4.44. The summed E-state index contributed by atoms with van der Waals surface area (Å²) in [6.07, 6.45) is 0. The van der Waals surface area contributed by atoms with Crippen LogP contribution in [0.3, 0.4) is 0 Å². The molecule has 0 amide bonds. The van der Waals surface area contributed by atoms with Crippen LogP contribution in [0.1, 0.15) is 11.8 Å². The summed E-state index contributed by atoms with van der Waals surface area (Å²) < 4.78 is 50.0. The maximum atomic E-state index is 13.0. The highest BCUT2D eigenvalue weighted by atomic mass is 32.2. The third kappa shape index (κ3) is 3.19. The third-order valence-corrected chi connectivity index (χ3v) is 6.28. The molecule has 0 saturated carbocycles. The van der Waals surface area contributed by atoms with Crippen molar-refractivity contribution < 1.29 is 22.1 Å². The number of aromatic nitrogens is 2. The van der Waals surface area contributed by atoms with Gasteiger partial charge in [0.05, 0.1) is 23.5 Å². The minimum Gasteiger partial charge on any atom is -0.496 e. The molecular formula is C18H16FN3O4S. The fourth-order valence-electron chi connectivity index (χ4n) is 2.89. The lowest BCUT2D eigenvalue weighted by atomic mass is 10.0. The molecule has 1 aromatic heterocycles. The summed E-state index contributed by atoms with van der Waals surface area (Å²) in [6, 6.07) is 12.1. The molecule has 1 aliphatic rings. The second kappa shape index (κ2) is 6.75. The fourth-order valence-corrected chi connectivity index (χ4v) is 4.42. The van der Waals surface area contributed by atoms with E-state index in [0.29, 0.717) is 23.0 Å². The Morgan fingerprint density at radius 2 is 1.85 bits per heavy atom. The molecular weight excluding hydrogens is 373 g/mol. The number of nitrogens with zero attached hydrogens (tertiary/aromatic N) is 3. The van der Waals surface area contributed by atoms with E-state index in [1.54, 1.807) is 13.2 Å². The van der Waals surface area contributed by atoms with E-state index in [2.05, 4.69) is 10.1 Å². The number of halogens is 1. The van der Waals surface area contributed by atoms with Crippen LogP contribution in [-0.2, 0) is 10.0 Å². The molecule has 1 fully saturated rings. The molecule has 0 radical (unpaired) electrons. The van der Waals surface area contributed by atoms with E-state index >= 15 is 0 Å². The van der Waals surface area contributed by atoms with Gasteiger partial charge in [-0.25, -0.2) is 12.8 Å². The van der Waals surface area contributed by atoms with Crippen LogP contribution in [0.5, 0.6) is 5.75 Å². The van der Waals surface area contributed by atoms with Gasteiger partial charge in [-0.1, -0.05) is 17.3 Å². The highest BCUT2D eigenvalue weighted by Gasteiger charge is 2.40. The average Bonchev–Trinajstić information content (AvgIpc) is 3.10. The van der Waals surface area contributed by atoms with Gasteiger partial charge in [-0.15, -0.1) is 0 Å². The Bertz CT molecular complexity index is 1060. The van der Waals surface area contributed by atoms with Crippen molar-refractivity contribution in [3.8, 4) is 17.1 Å². The maximum Gasteiger partial charge on any atom is 0.243 e. The zero-order valence-corrected chi connectivity index (χ0v) is 15.2.